The molecule has 9 heteroatoms. The number of nitrogens with zero attached hydrogens (tertiary/aromatic N) is 3. The van der Waals surface area contributed by atoms with Crippen molar-refractivity contribution in [3.63, 3.8) is 0 Å². The van der Waals surface area contributed by atoms with Gasteiger partial charge in [0.15, 0.2) is 0 Å². The lowest BCUT2D eigenvalue weighted by Gasteiger charge is -2.27. The van der Waals surface area contributed by atoms with Crippen LogP contribution in [0.3, 0.4) is 0 Å². The Balaban J connectivity index is 1.45. The fourth-order valence-corrected chi connectivity index (χ4v) is 2.88. The van der Waals surface area contributed by atoms with Crippen LogP contribution < -0.4 is 10.1 Å². The van der Waals surface area contributed by atoms with Crippen molar-refractivity contribution in [3.05, 3.63) is 72.1 Å². The number of benzene rings is 1. The Kier molecular flexibility index (Phi) is 5.85. The van der Waals surface area contributed by atoms with E-state index in [2.05, 4.69) is 26.8 Å². The summed E-state index contributed by atoms with van der Waals surface area (Å²) in [6.07, 6.45) is -0.844. The van der Waals surface area contributed by atoms with Crippen molar-refractivity contribution < 1.29 is 22.6 Å². The maximum Gasteiger partial charge on any atom is 0.423 e. The SMILES string of the molecule is C=Cc1ccnc(-c2ccc(CNc3ncc(C(F)(F)F)c(OC4COC4)n3)cc2)c1. The summed E-state index contributed by atoms with van der Waals surface area (Å²) in [6.45, 7) is 4.56. The zero-order valence-electron chi connectivity index (χ0n) is 16.4. The molecule has 1 aromatic carbocycles. The van der Waals surface area contributed by atoms with Gasteiger partial charge in [0.2, 0.25) is 11.8 Å². The van der Waals surface area contributed by atoms with Crippen LogP contribution in [0.2, 0.25) is 0 Å². The second-order valence-corrected chi connectivity index (χ2v) is 6.92. The number of anilines is 1. The van der Waals surface area contributed by atoms with Crippen LogP contribution in [0.4, 0.5) is 19.1 Å². The fourth-order valence-electron chi connectivity index (χ4n) is 2.88. The van der Waals surface area contributed by atoms with Crippen LogP contribution in [0.1, 0.15) is 16.7 Å². The summed E-state index contributed by atoms with van der Waals surface area (Å²) in [6, 6.07) is 11.4. The first-order valence-corrected chi connectivity index (χ1v) is 9.52. The van der Waals surface area contributed by atoms with Crippen molar-refractivity contribution in [1.82, 2.24) is 15.0 Å². The van der Waals surface area contributed by atoms with Gasteiger partial charge in [-0.05, 0) is 23.3 Å². The van der Waals surface area contributed by atoms with Gasteiger partial charge in [-0.25, -0.2) is 4.98 Å². The second-order valence-electron chi connectivity index (χ2n) is 6.92. The molecule has 4 rings (SSSR count). The zero-order chi connectivity index (χ0) is 21.8. The molecule has 0 amide bonds. The van der Waals surface area contributed by atoms with Crippen molar-refractivity contribution >= 4 is 12.0 Å². The summed E-state index contributed by atoms with van der Waals surface area (Å²) in [5.74, 6) is -0.450. The quantitative estimate of drug-likeness (QED) is 0.594. The van der Waals surface area contributed by atoms with Gasteiger partial charge in [0.1, 0.15) is 11.7 Å². The van der Waals surface area contributed by atoms with Crippen LogP contribution in [0.5, 0.6) is 5.88 Å². The van der Waals surface area contributed by atoms with Gasteiger partial charge in [-0.3, -0.25) is 4.98 Å². The van der Waals surface area contributed by atoms with E-state index in [0.717, 1.165) is 28.6 Å². The lowest BCUT2D eigenvalue weighted by Crippen LogP contribution is -2.39. The first-order valence-electron chi connectivity index (χ1n) is 9.52. The highest BCUT2D eigenvalue weighted by Crippen LogP contribution is 2.36. The highest BCUT2D eigenvalue weighted by molar-refractivity contribution is 5.63. The molecule has 1 aliphatic heterocycles. The number of hydrogen-bond donors (Lipinski definition) is 1. The number of pyridine rings is 1. The van der Waals surface area contributed by atoms with E-state index in [1.165, 1.54) is 0 Å². The van der Waals surface area contributed by atoms with Crippen LogP contribution in [0, 0.1) is 0 Å². The molecule has 6 nitrogen and oxygen atoms in total. The van der Waals surface area contributed by atoms with E-state index in [0.29, 0.717) is 6.54 Å². The highest BCUT2D eigenvalue weighted by Gasteiger charge is 2.37. The Bertz CT molecular complexity index is 1070. The van der Waals surface area contributed by atoms with Gasteiger partial charge < -0.3 is 14.8 Å². The molecule has 1 saturated heterocycles. The van der Waals surface area contributed by atoms with E-state index < -0.39 is 23.7 Å². The molecule has 1 aliphatic rings. The lowest BCUT2D eigenvalue weighted by atomic mass is 10.1. The van der Waals surface area contributed by atoms with Crippen molar-refractivity contribution in [3.8, 4) is 17.1 Å². The van der Waals surface area contributed by atoms with Gasteiger partial charge in [-0.2, -0.15) is 18.2 Å². The van der Waals surface area contributed by atoms with E-state index in [1.54, 1.807) is 12.3 Å². The Hall–Kier alpha value is -3.46. The smallest absolute Gasteiger partial charge is 0.423 e. The molecule has 3 heterocycles. The van der Waals surface area contributed by atoms with Gasteiger partial charge in [0.25, 0.3) is 0 Å². The van der Waals surface area contributed by atoms with Crippen LogP contribution in [-0.4, -0.2) is 34.3 Å². The molecule has 31 heavy (non-hydrogen) atoms. The predicted octanol–water partition coefficient (Wildman–Crippen LogP) is 4.59. The molecular formula is C22H19F3N4O2. The molecule has 0 bridgehead atoms. The molecule has 0 aliphatic carbocycles. The topological polar surface area (TPSA) is 69.2 Å². The van der Waals surface area contributed by atoms with Gasteiger partial charge >= 0.3 is 6.18 Å². The Labute approximate surface area is 176 Å². The minimum Gasteiger partial charge on any atom is -0.469 e. The standard InChI is InChI=1S/C22H19F3N4O2/c1-2-14-7-8-26-19(9-14)16-5-3-15(4-6-16)10-27-21-28-11-18(22(23,24)25)20(29-21)31-17-12-30-13-17/h2-9,11,17H,1,10,12-13H2,(H,27,28,29). The summed E-state index contributed by atoms with van der Waals surface area (Å²) in [7, 11) is 0. The maximum atomic E-state index is 13.2. The van der Waals surface area contributed by atoms with Crippen molar-refractivity contribution in [1.29, 1.82) is 0 Å². The van der Waals surface area contributed by atoms with Gasteiger partial charge in [-0.15, -0.1) is 0 Å². The van der Waals surface area contributed by atoms with E-state index in [1.807, 2.05) is 36.4 Å². The number of halogens is 3. The minimum atomic E-state index is -4.61. The highest BCUT2D eigenvalue weighted by atomic mass is 19.4. The average Bonchev–Trinajstić information content (AvgIpc) is 2.74. The molecule has 3 aromatic rings. The van der Waals surface area contributed by atoms with Crippen molar-refractivity contribution in [2.45, 2.75) is 18.8 Å². The van der Waals surface area contributed by atoms with Gasteiger partial charge in [-0.1, -0.05) is 36.9 Å². The van der Waals surface area contributed by atoms with Gasteiger partial charge in [0.05, 0.1) is 18.9 Å². The van der Waals surface area contributed by atoms with Gasteiger partial charge in [0, 0.05) is 24.5 Å². The number of nitrogens with one attached hydrogen (secondary N) is 1. The third-order valence-corrected chi connectivity index (χ3v) is 4.66. The normalized spacial score (nSPS) is 14.0. The first-order chi connectivity index (χ1) is 14.9. The Morgan fingerprint density at radius 1 is 1.16 bits per heavy atom. The number of aromatic nitrogens is 3. The monoisotopic (exact) mass is 428 g/mol. The lowest BCUT2D eigenvalue weighted by molar-refractivity contribution is -0.142. The fraction of sp³-hybridized carbons (Fsp3) is 0.227. The van der Waals surface area contributed by atoms with Crippen LogP contribution in [-0.2, 0) is 17.5 Å². The molecule has 160 valence electrons. The van der Waals surface area contributed by atoms with E-state index >= 15 is 0 Å². The predicted molar refractivity (Wildman–Crippen MR) is 109 cm³/mol. The molecule has 0 radical (unpaired) electrons. The Morgan fingerprint density at radius 3 is 2.58 bits per heavy atom. The number of hydrogen-bond acceptors (Lipinski definition) is 6. The van der Waals surface area contributed by atoms with E-state index in [4.69, 9.17) is 9.47 Å². The number of alkyl halides is 3. The first kappa shape index (κ1) is 20.8. The molecule has 0 spiro atoms. The largest absolute Gasteiger partial charge is 0.469 e. The average molecular weight is 428 g/mol. The second kappa shape index (κ2) is 8.73. The van der Waals surface area contributed by atoms with Crippen molar-refractivity contribution in [2.75, 3.05) is 18.5 Å². The third kappa shape index (κ3) is 5.00. The summed E-state index contributed by atoms with van der Waals surface area (Å²) < 4.78 is 49.9. The summed E-state index contributed by atoms with van der Waals surface area (Å²) >= 11 is 0. The molecule has 0 atom stereocenters. The molecule has 2 aromatic heterocycles. The molecular weight excluding hydrogens is 409 g/mol. The van der Waals surface area contributed by atoms with Crippen LogP contribution in [0.15, 0.2) is 55.4 Å². The van der Waals surface area contributed by atoms with E-state index in [9.17, 15) is 13.2 Å². The Morgan fingerprint density at radius 2 is 1.94 bits per heavy atom. The van der Waals surface area contributed by atoms with Crippen LogP contribution in [0.25, 0.3) is 17.3 Å². The summed E-state index contributed by atoms with van der Waals surface area (Å²) in [5.41, 5.74) is 2.63. The maximum absolute atomic E-state index is 13.2. The minimum absolute atomic E-state index is 0.0488. The van der Waals surface area contributed by atoms with Crippen molar-refractivity contribution in [2.24, 2.45) is 0 Å². The molecule has 0 unspecified atom stereocenters. The molecule has 1 fully saturated rings. The third-order valence-electron chi connectivity index (χ3n) is 4.66. The van der Waals surface area contributed by atoms with E-state index in [-0.39, 0.29) is 19.2 Å². The summed E-state index contributed by atoms with van der Waals surface area (Å²) in [4.78, 5) is 12.1. The number of rotatable bonds is 7. The molecule has 1 N–H and O–H groups in total. The molecule has 0 saturated carbocycles. The summed E-state index contributed by atoms with van der Waals surface area (Å²) in [5, 5.41) is 2.94. The zero-order valence-corrected chi connectivity index (χ0v) is 16.4. The van der Waals surface area contributed by atoms with Crippen LogP contribution >= 0.6 is 0 Å². The number of ether oxygens (including phenoxy) is 2.